The normalized spacial score (nSPS) is 13.6. The second-order valence-corrected chi connectivity index (χ2v) is 6.02. The Morgan fingerprint density at radius 1 is 1.29 bits per heavy atom. The number of anilines is 1. The molecule has 1 aromatic carbocycles. The van der Waals surface area contributed by atoms with E-state index in [1.165, 1.54) is 18.2 Å². The maximum atomic E-state index is 12.3. The number of benzene rings is 1. The van der Waals surface area contributed by atoms with Crippen molar-refractivity contribution in [1.29, 1.82) is 10.5 Å². The molecule has 0 spiro atoms. The van der Waals surface area contributed by atoms with Gasteiger partial charge in [-0.1, -0.05) is 0 Å². The van der Waals surface area contributed by atoms with E-state index in [1.807, 2.05) is 0 Å². The zero-order valence-electron chi connectivity index (χ0n) is 10.7. The van der Waals surface area contributed by atoms with Crippen molar-refractivity contribution in [3.63, 3.8) is 0 Å². The van der Waals surface area contributed by atoms with Gasteiger partial charge in [0.25, 0.3) is 5.91 Å². The fraction of sp³-hybridized carbons (Fsp3) is 0.250. The molecule has 1 amide bonds. The number of rotatable bonds is 4. The minimum Gasteiger partial charge on any atom is -0.482 e. The first kappa shape index (κ1) is 14.8. The van der Waals surface area contributed by atoms with Gasteiger partial charge in [0.1, 0.15) is 18.8 Å². The molecule has 0 unspecified atom stereocenters. The monoisotopic (exact) mass is 306 g/mol. The van der Waals surface area contributed by atoms with Gasteiger partial charge in [0.05, 0.1) is 22.7 Å². The smallest absolute Gasteiger partial charge is 0.262 e. The number of hydrogen-bond donors (Lipinski definition) is 1. The van der Waals surface area contributed by atoms with Crippen LogP contribution in [0.2, 0.25) is 0 Å². The first-order valence-electron chi connectivity index (χ1n) is 5.80. The average molecular weight is 306 g/mol. The lowest BCUT2D eigenvalue weighted by Crippen LogP contribution is -2.32. The predicted molar refractivity (Wildman–Crippen MR) is 70.6 cm³/mol. The summed E-state index contributed by atoms with van der Waals surface area (Å²) in [6, 6.07) is 7.35. The third-order valence-electron chi connectivity index (χ3n) is 2.72. The topological polar surface area (TPSA) is 123 Å². The highest BCUT2D eigenvalue weighted by atomic mass is 32.2. The van der Waals surface area contributed by atoms with Crippen LogP contribution in [0.1, 0.15) is 0 Å². The van der Waals surface area contributed by atoms with Crippen molar-refractivity contribution in [3.05, 3.63) is 18.2 Å². The molecule has 9 heteroatoms. The molecule has 1 N–H and O–H groups in total. The third-order valence-corrected chi connectivity index (χ3v) is 4.50. The van der Waals surface area contributed by atoms with Crippen LogP contribution in [0, 0.1) is 22.7 Å². The molecule has 0 saturated carbocycles. The molecule has 0 aliphatic carbocycles. The SMILES string of the molecule is N#CCN(CC#N)S(=O)(=O)c1ccc2c(c1)NC(=O)CO2. The molecule has 0 aromatic heterocycles. The number of hydrogen-bond acceptors (Lipinski definition) is 6. The summed E-state index contributed by atoms with van der Waals surface area (Å²) in [7, 11) is -3.99. The van der Waals surface area contributed by atoms with Gasteiger partial charge >= 0.3 is 0 Å². The van der Waals surface area contributed by atoms with Crippen LogP contribution in [-0.4, -0.2) is 38.3 Å². The zero-order chi connectivity index (χ0) is 15.5. The molecule has 8 nitrogen and oxygen atoms in total. The Kier molecular flexibility index (Phi) is 4.08. The Morgan fingerprint density at radius 2 is 1.95 bits per heavy atom. The number of ether oxygens (including phenoxy) is 1. The van der Waals surface area contributed by atoms with Crippen LogP contribution >= 0.6 is 0 Å². The van der Waals surface area contributed by atoms with Gasteiger partial charge in [-0.05, 0) is 18.2 Å². The lowest BCUT2D eigenvalue weighted by atomic mass is 10.2. The molecule has 1 aliphatic rings. The van der Waals surface area contributed by atoms with Gasteiger partial charge in [-0.25, -0.2) is 8.42 Å². The summed E-state index contributed by atoms with van der Waals surface area (Å²) in [4.78, 5) is 11.1. The van der Waals surface area contributed by atoms with Gasteiger partial charge in [-0.3, -0.25) is 4.79 Å². The second-order valence-electron chi connectivity index (χ2n) is 4.08. The minimum atomic E-state index is -3.99. The van der Waals surface area contributed by atoms with Crippen LogP contribution in [-0.2, 0) is 14.8 Å². The summed E-state index contributed by atoms with van der Waals surface area (Å²) in [6.07, 6.45) is 0. The fourth-order valence-electron chi connectivity index (χ4n) is 1.76. The lowest BCUT2D eigenvalue weighted by molar-refractivity contribution is -0.118. The predicted octanol–water partition coefficient (Wildman–Crippen LogP) is 0.0554. The number of sulfonamides is 1. The Morgan fingerprint density at radius 3 is 2.57 bits per heavy atom. The summed E-state index contributed by atoms with van der Waals surface area (Å²) >= 11 is 0. The summed E-state index contributed by atoms with van der Waals surface area (Å²) in [5.41, 5.74) is 0.237. The van der Waals surface area contributed by atoms with Crippen molar-refractivity contribution in [3.8, 4) is 17.9 Å². The number of carbonyl (C=O) groups excluding carboxylic acids is 1. The highest BCUT2D eigenvalue weighted by Gasteiger charge is 2.26. The first-order valence-corrected chi connectivity index (χ1v) is 7.24. The summed E-state index contributed by atoms with van der Waals surface area (Å²) in [5, 5.41) is 19.8. The second kappa shape index (κ2) is 5.79. The number of nitriles is 2. The Hall–Kier alpha value is -2.62. The summed E-state index contributed by atoms with van der Waals surface area (Å²) in [5.74, 6) is -0.0244. The Bertz CT molecular complexity index is 744. The molecule has 1 aromatic rings. The molecule has 108 valence electrons. The summed E-state index contributed by atoms with van der Waals surface area (Å²) < 4.78 is 30.6. The van der Waals surface area contributed by atoms with Crippen molar-refractivity contribution >= 4 is 21.6 Å². The van der Waals surface area contributed by atoms with Crippen molar-refractivity contribution in [2.45, 2.75) is 4.90 Å². The van der Waals surface area contributed by atoms with E-state index in [4.69, 9.17) is 15.3 Å². The minimum absolute atomic E-state index is 0.127. The van der Waals surface area contributed by atoms with E-state index in [2.05, 4.69) is 5.32 Å². The van der Waals surface area contributed by atoms with Gasteiger partial charge in [-0.2, -0.15) is 14.8 Å². The number of nitrogens with one attached hydrogen (secondary N) is 1. The standard InChI is InChI=1S/C12H10N4O4S/c13-3-5-16(6-4-14)21(18,19)9-1-2-11-10(7-9)15-12(17)8-20-11/h1-2,7H,5-6,8H2,(H,15,17). The van der Waals surface area contributed by atoms with Crippen LogP contribution in [0.4, 0.5) is 5.69 Å². The molecule has 21 heavy (non-hydrogen) atoms. The van der Waals surface area contributed by atoms with E-state index < -0.39 is 23.1 Å². The number of carbonyl (C=O) groups is 1. The molecule has 0 fully saturated rings. The van der Waals surface area contributed by atoms with E-state index in [9.17, 15) is 13.2 Å². The van der Waals surface area contributed by atoms with Gasteiger partial charge in [0.2, 0.25) is 10.0 Å². The molecule has 1 aliphatic heterocycles. The van der Waals surface area contributed by atoms with Crippen LogP contribution in [0.3, 0.4) is 0 Å². The highest BCUT2D eigenvalue weighted by molar-refractivity contribution is 7.89. The van der Waals surface area contributed by atoms with Crippen LogP contribution < -0.4 is 10.1 Å². The maximum absolute atomic E-state index is 12.3. The van der Waals surface area contributed by atoms with Crippen LogP contribution in [0.15, 0.2) is 23.1 Å². The first-order chi connectivity index (χ1) is 9.98. The molecule has 0 bridgehead atoms. The van der Waals surface area contributed by atoms with Crippen molar-refractivity contribution in [2.24, 2.45) is 0 Å². The highest BCUT2D eigenvalue weighted by Crippen LogP contribution is 2.31. The van der Waals surface area contributed by atoms with E-state index in [1.54, 1.807) is 12.1 Å². The van der Waals surface area contributed by atoms with E-state index in [0.29, 0.717) is 5.75 Å². The quantitative estimate of drug-likeness (QED) is 0.784. The Balaban J connectivity index is 2.41. The summed E-state index contributed by atoms with van der Waals surface area (Å²) in [6.45, 7) is -1.00. The molecule has 2 rings (SSSR count). The average Bonchev–Trinajstić information content (AvgIpc) is 2.46. The van der Waals surface area contributed by atoms with Crippen LogP contribution in [0.25, 0.3) is 0 Å². The molecule has 1 heterocycles. The number of amides is 1. The van der Waals surface area contributed by atoms with Gasteiger partial charge in [0, 0.05) is 0 Å². The van der Waals surface area contributed by atoms with Gasteiger partial charge in [0.15, 0.2) is 6.61 Å². The fourth-order valence-corrected chi connectivity index (χ4v) is 3.02. The largest absolute Gasteiger partial charge is 0.482 e. The van der Waals surface area contributed by atoms with E-state index in [0.717, 1.165) is 4.31 Å². The third kappa shape index (κ3) is 2.94. The van der Waals surface area contributed by atoms with E-state index in [-0.39, 0.29) is 23.1 Å². The molecular weight excluding hydrogens is 296 g/mol. The van der Waals surface area contributed by atoms with Crippen molar-refractivity contribution in [1.82, 2.24) is 4.31 Å². The van der Waals surface area contributed by atoms with Gasteiger partial charge < -0.3 is 10.1 Å². The zero-order valence-corrected chi connectivity index (χ0v) is 11.6. The van der Waals surface area contributed by atoms with E-state index >= 15 is 0 Å². The maximum Gasteiger partial charge on any atom is 0.262 e. The number of fused-ring (bicyclic) bond motifs is 1. The molecule has 0 atom stereocenters. The van der Waals surface area contributed by atoms with Crippen LogP contribution in [0.5, 0.6) is 5.75 Å². The van der Waals surface area contributed by atoms with Crippen molar-refractivity contribution < 1.29 is 17.9 Å². The molecular formula is C12H10N4O4S. The van der Waals surface area contributed by atoms with Crippen molar-refractivity contribution in [2.75, 3.05) is 25.0 Å². The Labute approximate surface area is 121 Å². The molecule has 0 saturated heterocycles. The number of nitrogens with zero attached hydrogens (tertiary/aromatic N) is 3. The lowest BCUT2D eigenvalue weighted by Gasteiger charge is -2.20. The molecule has 0 radical (unpaired) electrons. The van der Waals surface area contributed by atoms with Gasteiger partial charge in [-0.15, -0.1) is 0 Å².